The van der Waals surface area contributed by atoms with Gasteiger partial charge < -0.3 is 4.74 Å². The molecule has 2 nitrogen and oxygen atoms in total. The fourth-order valence-corrected chi connectivity index (χ4v) is 1.67. The lowest BCUT2D eigenvalue weighted by atomic mass is 10.3. The standard InChI is InChI=1S/C8H10ClNOS/c1-6(3-9)7-5-12-8(10-7)4-11-2/h5H,1,3-4H2,2H3. The number of methoxy groups -OCH3 is 1. The quantitative estimate of drug-likeness (QED) is 0.702. The SMILES string of the molecule is C=C(CCl)c1csc(COC)n1. The van der Waals surface area contributed by atoms with E-state index in [0.717, 1.165) is 16.3 Å². The molecule has 0 aromatic carbocycles. The summed E-state index contributed by atoms with van der Waals surface area (Å²) in [5.74, 6) is 0.427. The highest BCUT2D eigenvalue weighted by Gasteiger charge is 2.03. The van der Waals surface area contributed by atoms with E-state index in [9.17, 15) is 0 Å². The molecule has 0 spiro atoms. The van der Waals surface area contributed by atoms with Crippen molar-refractivity contribution in [3.8, 4) is 0 Å². The molecule has 0 radical (unpaired) electrons. The van der Waals surface area contributed by atoms with E-state index in [1.54, 1.807) is 18.4 Å². The van der Waals surface area contributed by atoms with Crippen molar-refractivity contribution in [2.75, 3.05) is 13.0 Å². The summed E-state index contributed by atoms with van der Waals surface area (Å²) in [6.07, 6.45) is 0. The molecule has 0 aliphatic heterocycles. The molecule has 12 heavy (non-hydrogen) atoms. The number of rotatable bonds is 4. The van der Waals surface area contributed by atoms with Crippen molar-refractivity contribution in [2.45, 2.75) is 6.61 Å². The van der Waals surface area contributed by atoms with Gasteiger partial charge in [0.1, 0.15) is 5.01 Å². The molecule has 66 valence electrons. The third-order valence-corrected chi connectivity index (χ3v) is 2.49. The van der Waals surface area contributed by atoms with Gasteiger partial charge in [-0.25, -0.2) is 4.98 Å². The Kier molecular flexibility index (Phi) is 3.72. The second-order valence-electron chi connectivity index (χ2n) is 2.30. The van der Waals surface area contributed by atoms with Gasteiger partial charge >= 0.3 is 0 Å². The van der Waals surface area contributed by atoms with Crippen LogP contribution < -0.4 is 0 Å². The molecule has 0 atom stereocenters. The molecule has 0 aliphatic carbocycles. The third-order valence-electron chi connectivity index (χ3n) is 1.34. The molecular formula is C8H10ClNOS. The summed E-state index contributed by atoms with van der Waals surface area (Å²) >= 11 is 7.17. The first kappa shape index (κ1) is 9.71. The van der Waals surface area contributed by atoms with Crippen LogP contribution in [0.4, 0.5) is 0 Å². The lowest BCUT2D eigenvalue weighted by Crippen LogP contribution is -1.88. The molecule has 0 aliphatic rings. The van der Waals surface area contributed by atoms with Gasteiger partial charge in [-0.2, -0.15) is 0 Å². The maximum absolute atomic E-state index is 5.61. The molecule has 4 heteroatoms. The number of nitrogens with zero attached hydrogens (tertiary/aromatic N) is 1. The van der Waals surface area contributed by atoms with E-state index >= 15 is 0 Å². The molecule has 0 fully saturated rings. The first-order valence-electron chi connectivity index (χ1n) is 3.45. The largest absolute Gasteiger partial charge is 0.378 e. The molecule has 1 aromatic heterocycles. The monoisotopic (exact) mass is 203 g/mol. The molecule has 1 rings (SSSR count). The van der Waals surface area contributed by atoms with Gasteiger partial charge in [0, 0.05) is 18.4 Å². The van der Waals surface area contributed by atoms with Crippen molar-refractivity contribution in [3.63, 3.8) is 0 Å². The highest BCUT2D eigenvalue weighted by molar-refractivity contribution is 7.09. The molecule has 0 saturated heterocycles. The van der Waals surface area contributed by atoms with Crippen LogP contribution in [0, 0.1) is 0 Å². The Morgan fingerprint density at radius 3 is 3.17 bits per heavy atom. The second kappa shape index (κ2) is 4.60. The van der Waals surface area contributed by atoms with Gasteiger partial charge in [0.2, 0.25) is 0 Å². The Labute approximate surface area is 80.8 Å². The Bertz CT molecular complexity index is 272. The normalized spacial score (nSPS) is 10.2. The fraction of sp³-hybridized carbons (Fsp3) is 0.375. The maximum Gasteiger partial charge on any atom is 0.119 e. The summed E-state index contributed by atoms with van der Waals surface area (Å²) in [7, 11) is 1.65. The summed E-state index contributed by atoms with van der Waals surface area (Å²) in [5.41, 5.74) is 1.73. The zero-order valence-corrected chi connectivity index (χ0v) is 8.41. The molecule has 0 bridgehead atoms. The van der Waals surface area contributed by atoms with Gasteiger partial charge in [-0.15, -0.1) is 22.9 Å². The number of hydrogen-bond acceptors (Lipinski definition) is 3. The first-order valence-corrected chi connectivity index (χ1v) is 4.86. The molecule has 1 heterocycles. The zero-order chi connectivity index (χ0) is 8.97. The average molecular weight is 204 g/mol. The summed E-state index contributed by atoms with van der Waals surface area (Å²) in [4.78, 5) is 4.28. The molecule has 0 amide bonds. The smallest absolute Gasteiger partial charge is 0.119 e. The van der Waals surface area contributed by atoms with Crippen LogP contribution in [0.2, 0.25) is 0 Å². The van der Waals surface area contributed by atoms with Crippen LogP contribution >= 0.6 is 22.9 Å². The number of halogens is 1. The minimum Gasteiger partial charge on any atom is -0.378 e. The van der Waals surface area contributed by atoms with Crippen LogP contribution in [0.5, 0.6) is 0 Å². The van der Waals surface area contributed by atoms with Gasteiger partial charge in [-0.3, -0.25) is 0 Å². The summed E-state index contributed by atoms with van der Waals surface area (Å²) < 4.78 is 4.94. The van der Waals surface area contributed by atoms with Crippen molar-refractivity contribution < 1.29 is 4.74 Å². The lowest BCUT2D eigenvalue weighted by molar-refractivity contribution is 0.184. The van der Waals surface area contributed by atoms with E-state index in [0.29, 0.717) is 12.5 Å². The predicted molar refractivity (Wildman–Crippen MR) is 52.6 cm³/mol. The molecular weight excluding hydrogens is 194 g/mol. The van der Waals surface area contributed by atoms with Crippen molar-refractivity contribution in [1.29, 1.82) is 0 Å². The second-order valence-corrected chi connectivity index (χ2v) is 3.51. The molecule has 0 N–H and O–H groups in total. The van der Waals surface area contributed by atoms with Crippen molar-refractivity contribution in [2.24, 2.45) is 0 Å². The molecule has 0 saturated carbocycles. The number of aromatic nitrogens is 1. The topological polar surface area (TPSA) is 22.1 Å². The molecule has 1 aromatic rings. The summed E-state index contributed by atoms with van der Waals surface area (Å²) in [6, 6.07) is 0. The van der Waals surface area contributed by atoms with Crippen molar-refractivity contribution in [1.82, 2.24) is 4.98 Å². The van der Waals surface area contributed by atoms with Gasteiger partial charge in [0.25, 0.3) is 0 Å². The van der Waals surface area contributed by atoms with E-state index in [-0.39, 0.29) is 0 Å². The van der Waals surface area contributed by atoms with Crippen LogP contribution in [0.1, 0.15) is 10.7 Å². The van der Waals surface area contributed by atoms with Crippen molar-refractivity contribution in [3.05, 3.63) is 22.7 Å². The van der Waals surface area contributed by atoms with E-state index in [4.69, 9.17) is 16.3 Å². The van der Waals surface area contributed by atoms with Crippen LogP contribution in [-0.2, 0) is 11.3 Å². The van der Waals surface area contributed by atoms with Gasteiger partial charge in [0.15, 0.2) is 0 Å². The fourth-order valence-electron chi connectivity index (χ4n) is 0.732. The number of ether oxygens (including phenoxy) is 1. The van der Waals surface area contributed by atoms with Gasteiger partial charge in [-0.1, -0.05) is 6.58 Å². The van der Waals surface area contributed by atoms with Crippen molar-refractivity contribution >= 4 is 28.5 Å². The third kappa shape index (κ3) is 2.30. The van der Waals surface area contributed by atoms with Gasteiger partial charge in [0.05, 0.1) is 12.3 Å². The number of alkyl halides is 1. The summed E-state index contributed by atoms with van der Waals surface area (Å²) in [6.45, 7) is 4.34. The van der Waals surface area contributed by atoms with Gasteiger partial charge in [-0.05, 0) is 5.57 Å². The highest BCUT2D eigenvalue weighted by atomic mass is 35.5. The first-order chi connectivity index (χ1) is 5.77. The lowest BCUT2D eigenvalue weighted by Gasteiger charge is -1.93. The number of hydrogen-bond donors (Lipinski definition) is 0. The van der Waals surface area contributed by atoms with E-state index in [2.05, 4.69) is 11.6 Å². The maximum atomic E-state index is 5.61. The van der Waals surface area contributed by atoms with Crippen LogP contribution in [0.3, 0.4) is 0 Å². The zero-order valence-electron chi connectivity index (χ0n) is 6.84. The Hall–Kier alpha value is -0.380. The Balaban J connectivity index is 2.70. The Morgan fingerprint density at radius 1 is 1.83 bits per heavy atom. The minimum absolute atomic E-state index is 0.427. The summed E-state index contributed by atoms with van der Waals surface area (Å²) in [5, 5.41) is 2.90. The van der Waals surface area contributed by atoms with Crippen LogP contribution in [-0.4, -0.2) is 18.0 Å². The minimum atomic E-state index is 0.427. The van der Waals surface area contributed by atoms with Crippen LogP contribution in [0.15, 0.2) is 12.0 Å². The average Bonchev–Trinajstić information content (AvgIpc) is 2.52. The van der Waals surface area contributed by atoms with E-state index in [1.165, 1.54) is 0 Å². The van der Waals surface area contributed by atoms with E-state index in [1.807, 2.05) is 5.38 Å². The number of allylic oxidation sites excluding steroid dienone is 1. The number of thiazole rings is 1. The van der Waals surface area contributed by atoms with E-state index < -0.39 is 0 Å². The van der Waals surface area contributed by atoms with Crippen LogP contribution in [0.25, 0.3) is 5.57 Å². The Morgan fingerprint density at radius 2 is 2.58 bits per heavy atom. The highest BCUT2D eigenvalue weighted by Crippen LogP contribution is 2.17. The predicted octanol–water partition coefficient (Wildman–Crippen LogP) is 2.54. The molecule has 0 unspecified atom stereocenters.